The predicted molar refractivity (Wildman–Crippen MR) is 125 cm³/mol. The van der Waals surface area contributed by atoms with Crippen molar-refractivity contribution in [3.05, 3.63) is 45.9 Å². The zero-order valence-electron chi connectivity index (χ0n) is 16.6. The number of methoxy groups -OCH3 is 1. The molecule has 2 aromatic rings. The molecule has 0 radical (unpaired) electrons. The third-order valence-corrected chi connectivity index (χ3v) is 4.69. The number of thiazole rings is 1. The van der Waals surface area contributed by atoms with E-state index in [1.54, 1.807) is 49.8 Å². The zero-order valence-corrected chi connectivity index (χ0v) is 19.8. The predicted octanol–water partition coefficient (Wildman–Crippen LogP) is 2.99. The van der Waals surface area contributed by atoms with Crippen LogP contribution in [0.3, 0.4) is 0 Å². The Labute approximate surface area is 187 Å². The van der Waals surface area contributed by atoms with Crippen molar-refractivity contribution < 1.29 is 9.53 Å². The van der Waals surface area contributed by atoms with E-state index in [1.807, 2.05) is 0 Å². The van der Waals surface area contributed by atoms with Crippen LogP contribution < -0.4 is 20.7 Å². The highest BCUT2D eigenvalue weighted by atomic mass is 127. The maximum atomic E-state index is 12.1. The molecule has 0 bridgehead atoms. The number of aromatic nitrogens is 1. The molecule has 1 aromatic heterocycles. The van der Waals surface area contributed by atoms with Crippen LogP contribution in [0.4, 0.5) is 0 Å². The number of rotatable bonds is 8. The maximum absolute atomic E-state index is 12.1. The van der Waals surface area contributed by atoms with E-state index in [9.17, 15) is 4.79 Å². The molecule has 0 atom stereocenters. The number of carbonyl (C=O) groups is 1. The fourth-order valence-corrected chi connectivity index (χ4v) is 3.17. The molecule has 9 heteroatoms. The molecule has 0 aliphatic carbocycles. The minimum absolute atomic E-state index is 0. The first kappa shape index (κ1) is 24.2. The number of guanidine groups is 1. The zero-order chi connectivity index (χ0) is 19.6. The van der Waals surface area contributed by atoms with Gasteiger partial charge in [-0.3, -0.25) is 9.79 Å². The van der Waals surface area contributed by atoms with Gasteiger partial charge in [-0.25, -0.2) is 4.98 Å². The molecular formula is C19H28IN5O2S. The van der Waals surface area contributed by atoms with Gasteiger partial charge in [-0.05, 0) is 24.1 Å². The molecule has 0 saturated heterocycles. The van der Waals surface area contributed by atoms with Gasteiger partial charge in [0.15, 0.2) is 5.96 Å². The molecule has 154 valence electrons. The summed E-state index contributed by atoms with van der Waals surface area (Å²) in [5, 5.41) is 12.4. The normalized spacial score (nSPS) is 11.0. The van der Waals surface area contributed by atoms with Crippen molar-refractivity contribution in [1.29, 1.82) is 0 Å². The Morgan fingerprint density at radius 1 is 1.25 bits per heavy atom. The van der Waals surface area contributed by atoms with Crippen LogP contribution in [0, 0.1) is 0 Å². The number of carbonyl (C=O) groups excluding carboxylic acids is 1. The smallest absolute Gasteiger partial charge is 0.251 e. The molecular weight excluding hydrogens is 489 g/mol. The number of aliphatic imine (C=N–C) groups is 1. The third kappa shape index (κ3) is 7.63. The van der Waals surface area contributed by atoms with Crippen LogP contribution in [-0.4, -0.2) is 44.1 Å². The highest BCUT2D eigenvalue weighted by Gasteiger charge is 2.07. The fourth-order valence-electron chi connectivity index (χ4n) is 2.27. The van der Waals surface area contributed by atoms with Crippen LogP contribution in [0.25, 0.3) is 0 Å². The number of hydrogen-bond donors (Lipinski definition) is 3. The van der Waals surface area contributed by atoms with Crippen LogP contribution in [-0.2, 0) is 6.54 Å². The lowest BCUT2D eigenvalue weighted by Crippen LogP contribution is -2.41. The van der Waals surface area contributed by atoms with E-state index in [2.05, 4.69) is 45.2 Å². The minimum atomic E-state index is -0.136. The second-order valence-electron chi connectivity index (χ2n) is 6.16. The van der Waals surface area contributed by atoms with Crippen molar-refractivity contribution in [3.63, 3.8) is 0 Å². The van der Waals surface area contributed by atoms with E-state index in [0.717, 1.165) is 10.7 Å². The first-order valence-electron chi connectivity index (χ1n) is 8.84. The molecule has 2 rings (SSSR count). The van der Waals surface area contributed by atoms with Crippen molar-refractivity contribution in [3.8, 4) is 5.75 Å². The lowest BCUT2D eigenvalue weighted by Gasteiger charge is -2.11. The van der Waals surface area contributed by atoms with Crippen molar-refractivity contribution in [2.45, 2.75) is 26.3 Å². The van der Waals surface area contributed by atoms with Gasteiger partial charge in [0.05, 0.1) is 19.3 Å². The number of halogens is 1. The van der Waals surface area contributed by atoms with E-state index in [0.29, 0.717) is 42.8 Å². The highest BCUT2D eigenvalue weighted by molar-refractivity contribution is 14.0. The van der Waals surface area contributed by atoms with Gasteiger partial charge in [-0.1, -0.05) is 19.9 Å². The Balaban J connectivity index is 0.00000392. The molecule has 0 unspecified atom stereocenters. The molecule has 1 heterocycles. The summed E-state index contributed by atoms with van der Waals surface area (Å²) in [4.78, 5) is 20.9. The van der Waals surface area contributed by atoms with Crippen molar-refractivity contribution in [2.24, 2.45) is 4.99 Å². The van der Waals surface area contributed by atoms with Gasteiger partial charge >= 0.3 is 0 Å². The Morgan fingerprint density at radius 2 is 2.00 bits per heavy atom. The SMILES string of the molecule is CN=C(NCCNC(=O)c1cccc(OC)c1)NCc1nc(C(C)C)cs1.I. The summed E-state index contributed by atoms with van der Waals surface area (Å²) in [6.45, 7) is 5.92. The average molecular weight is 517 g/mol. The lowest BCUT2D eigenvalue weighted by atomic mass is 10.2. The van der Waals surface area contributed by atoms with Crippen LogP contribution in [0.5, 0.6) is 5.75 Å². The van der Waals surface area contributed by atoms with Crippen LogP contribution >= 0.6 is 35.3 Å². The number of nitrogens with zero attached hydrogens (tertiary/aromatic N) is 2. The molecule has 0 aliphatic heterocycles. The average Bonchev–Trinajstić information content (AvgIpc) is 3.16. The second kappa shape index (κ2) is 12.6. The summed E-state index contributed by atoms with van der Waals surface area (Å²) in [5.74, 6) is 1.63. The van der Waals surface area contributed by atoms with E-state index in [4.69, 9.17) is 4.74 Å². The number of amides is 1. The number of benzene rings is 1. The number of nitrogens with one attached hydrogen (secondary N) is 3. The van der Waals surface area contributed by atoms with Crippen molar-refractivity contribution in [2.75, 3.05) is 27.2 Å². The van der Waals surface area contributed by atoms with Crippen LogP contribution in [0.1, 0.15) is 40.8 Å². The van der Waals surface area contributed by atoms with Crippen molar-refractivity contribution in [1.82, 2.24) is 20.9 Å². The summed E-state index contributed by atoms with van der Waals surface area (Å²) in [6, 6.07) is 7.07. The highest BCUT2D eigenvalue weighted by Crippen LogP contribution is 2.17. The summed E-state index contributed by atoms with van der Waals surface area (Å²) < 4.78 is 5.13. The van der Waals surface area contributed by atoms with Gasteiger partial charge in [-0.15, -0.1) is 35.3 Å². The monoisotopic (exact) mass is 517 g/mol. The van der Waals surface area contributed by atoms with Gasteiger partial charge < -0.3 is 20.7 Å². The molecule has 7 nitrogen and oxygen atoms in total. The quantitative estimate of drug-likeness (QED) is 0.217. The molecule has 0 aliphatic rings. The Morgan fingerprint density at radius 3 is 2.64 bits per heavy atom. The first-order valence-corrected chi connectivity index (χ1v) is 9.72. The summed E-state index contributed by atoms with van der Waals surface area (Å²) in [5.41, 5.74) is 1.68. The fraction of sp³-hybridized carbons (Fsp3) is 0.421. The molecule has 0 spiro atoms. The van der Waals surface area contributed by atoms with E-state index >= 15 is 0 Å². The summed E-state index contributed by atoms with van der Waals surface area (Å²) in [6.07, 6.45) is 0. The van der Waals surface area contributed by atoms with Crippen LogP contribution in [0.15, 0.2) is 34.6 Å². The number of hydrogen-bond acceptors (Lipinski definition) is 5. The van der Waals surface area contributed by atoms with E-state index in [1.165, 1.54) is 0 Å². The van der Waals surface area contributed by atoms with Gasteiger partial charge in [0.2, 0.25) is 0 Å². The first-order chi connectivity index (χ1) is 13.0. The van der Waals surface area contributed by atoms with Crippen molar-refractivity contribution >= 4 is 47.2 Å². The summed E-state index contributed by atoms with van der Waals surface area (Å²) in [7, 11) is 3.29. The third-order valence-electron chi connectivity index (χ3n) is 3.83. The molecule has 0 saturated carbocycles. The number of ether oxygens (including phenoxy) is 1. The Kier molecular flexibility index (Phi) is 10.8. The molecule has 28 heavy (non-hydrogen) atoms. The Bertz CT molecular complexity index is 779. The lowest BCUT2D eigenvalue weighted by molar-refractivity contribution is 0.0954. The minimum Gasteiger partial charge on any atom is -0.497 e. The second-order valence-corrected chi connectivity index (χ2v) is 7.10. The Hall–Kier alpha value is -1.88. The molecule has 0 fully saturated rings. The van der Waals surface area contributed by atoms with E-state index in [-0.39, 0.29) is 29.9 Å². The molecule has 1 aromatic carbocycles. The van der Waals surface area contributed by atoms with Gasteiger partial charge in [0.25, 0.3) is 5.91 Å². The van der Waals surface area contributed by atoms with Gasteiger partial charge in [0.1, 0.15) is 10.8 Å². The van der Waals surface area contributed by atoms with Gasteiger partial charge in [0, 0.05) is 31.1 Å². The maximum Gasteiger partial charge on any atom is 0.251 e. The molecule has 3 N–H and O–H groups in total. The van der Waals surface area contributed by atoms with Crippen LogP contribution in [0.2, 0.25) is 0 Å². The topological polar surface area (TPSA) is 87.6 Å². The van der Waals surface area contributed by atoms with Gasteiger partial charge in [-0.2, -0.15) is 0 Å². The summed E-state index contributed by atoms with van der Waals surface area (Å²) >= 11 is 1.64. The largest absolute Gasteiger partial charge is 0.497 e. The molecule has 1 amide bonds. The van der Waals surface area contributed by atoms with E-state index < -0.39 is 0 Å². The standard InChI is InChI=1S/C19H27N5O2S.HI/c1-13(2)16-12-27-17(24-16)11-23-19(20-3)22-9-8-21-18(25)14-6-5-7-15(10-14)26-4;/h5-7,10,12-13H,8-9,11H2,1-4H3,(H,21,25)(H2,20,22,23);1H.